The van der Waals surface area contributed by atoms with Crippen LogP contribution in [-0.2, 0) is 16.0 Å². The monoisotopic (exact) mass is 392 g/mol. The molecule has 0 atom stereocenters. The zero-order chi connectivity index (χ0) is 19.4. The number of aryl methyl sites for hydroxylation is 1. The minimum Gasteiger partial charge on any atom is -0.480 e. The summed E-state index contributed by atoms with van der Waals surface area (Å²) in [7, 11) is 0. The number of halogens is 1. The van der Waals surface area contributed by atoms with Gasteiger partial charge in [0.05, 0.1) is 10.7 Å². The van der Waals surface area contributed by atoms with E-state index in [4.69, 9.17) is 4.74 Å². The molecule has 1 aliphatic rings. The minimum absolute atomic E-state index is 0.149. The minimum atomic E-state index is -1.04. The van der Waals surface area contributed by atoms with Gasteiger partial charge < -0.3 is 14.7 Å². The van der Waals surface area contributed by atoms with Gasteiger partial charge in [0.2, 0.25) is 0 Å². The van der Waals surface area contributed by atoms with E-state index in [0.29, 0.717) is 43.0 Å². The Bertz CT molecular complexity index is 816. The van der Waals surface area contributed by atoms with E-state index < -0.39 is 5.97 Å². The maximum atomic E-state index is 13.1. The van der Waals surface area contributed by atoms with Gasteiger partial charge in [-0.05, 0) is 37.5 Å². The Morgan fingerprint density at radius 1 is 1.30 bits per heavy atom. The largest absolute Gasteiger partial charge is 0.480 e. The van der Waals surface area contributed by atoms with Gasteiger partial charge >= 0.3 is 5.97 Å². The number of nitrogens with zero attached hydrogens (tertiary/aromatic N) is 2. The average Bonchev–Trinajstić information content (AvgIpc) is 3.02. The van der Waals surface area contributed by atoms with Gasteiger partial charge in [0.15, 0.2) is 0 Å². The van der Waals surface area contributed by atoms with Crippen LogP contribution in [0.15, 0.2) is 24.3 Å². The number of carboxylic acid groups (broad SMARTS) is 1. The highest BCUT2D eigenvalue weighted by Gasteiger charge is 2.30. The number of ether oxygens (including phenoxy) is 1. The third kappa shape index (κ3) is 4.90. The summed E-state index contributed by atoms with van der Waals surface area (Å²) in [5.41, 5.74) is 1.49. The molecule has 27 heavy (non-hydrogen) atoms. The number of amides is 1. The molecule has 0 radical (unpaired) electrons. The Kier molecular flexibility index (Phi) is 6.18. The van der Waals surface area contributed by atoms with Crippen LogP contribution in [0.25, 0.3) is 0 Å². The second kappa shape index (κ2) is 8.58. The Morgan fingerprint density at radius 3 is 2.59 bits per heavy atom. The molecule has 1 fully saturated rings. The number of thiazole rings is 1. The van der Waals surface area contributed by atoms with Crippen LogP contribution in [-0.4, -0.2) is 52.7 Å². The van der Waals surface area contributed by atoms with Crippen LogP contribution in [0.4, 0.5) is 4.39 Å². The summed E-state index contributed by atoms with van der Waals surface area (Å²) >= 11 is 1.27. The topological polar surface area (TPSA) is 79.7 Å². The molecule has 1 aliphatic heterocycles. The van der Waals surface area contributed by atoms with E-state index in [1.54, 1.807) is 19.1 Å². The van der Waals surface area contributed by atoms with Crippen molar-refractivity contribution in [3.05, 3.63) is 51.2 Å². The lowest BCUT2D eigenvalue weighted by Crippen LogP contribution is -2.46. The molecular weight excluding hydrogens is 371 g/mol. The Labute approximate surface area is 160 Å². The lowest BCUT2D eigenvalue weighted by Gasteiger charge is -2.33. The number of benzene rings is 1. The normalized spacial score (nSPS) is 14.9. The van der Waals surface area contributed by atoms with Crippen molar-refractivity contribution in [3.63, 3.8) is 0 Å². The zero-order valence-electron chi connectivity index (χ0n) is 15.0. The van der Waals surface area contributed by atoms with Gasteiger partial charge in [0.1, 0.15) is 17.2 Å². The van der Waals surface area contributed by atoms with Crippen LogP contribution >= 0.6 is 11.3 Å². The lowest BCUT2D eigenvalue weighted by atomic mass is 10.1. The molecule has 0 unspecified atom stereocenters. The molecule has 0 spiro atoms. The highest BCUT2D eigenvalue weighted by Crippen LogP contribution is 2.25. The van der Waals surface area contributed by atoms with Gasteiger partial charge in [0, 0.05) is 25.7 Å². The van der Waals surface area contributed by atoms with E-state index in [2.05, 4.69) is 4.98 Å². The van der Waals surface area contributed by atoms with Crippen LogP contribution in [0.1, 0.15) is 38.8 Å². The summed E-state index contributed by atoms with van der Waals surface area (Å²) in [6, 6.07) is 6.01. The summed E-state index contributed by atoms with van der Waals surface area (Å²) < 4.78 is 18.4. The molecule has 1 N–H and O–H groups in total. The van der Waals surface area contributed by atoms with Crippen LogP contribution in [0.5, 0.6) is 0 Å². The first kappa shape index (κ1) is 19.4. The van der Waals surface area contributed by atoms with Gasteiger partial charge in [-0.25, -0.2) is 9.37 Å². The lowest BCUT2D eigenvalue weighted by molar-refractivity contribution is -0.138. The maximum Gasteiger partial charge on any atom is 0.323 e. The summed E-state index contributed by atoms with van der Waals surface area (Å²) in [6.45, 7) is 2.45. The van der Waals surface area contributed by atoms with E-state index in [1.807, 2.05) is 0 Å². The first-order valence-corrected chi connectivity index (χ1v) is 9.57. The van der Waals surface area contributed by atoms with Crippen LogP contribution in [0.2, 0.25) is 0 Å². The predicted molar refractivity (Wildman–Crippen MR) is 98.6 cm³/mol. The van der Waals surface area contributed by atoms with Gasteiger partial charge in [-0.3, -0.25) is 9.59 Å². The molecule has 6 nitrogen and oxygen atoms in total. The van der Waals surface area contributed by atoms with Crippen LogP contribution in [0.3, 0.4) is 0 Å². The van der Waals surface area contributed by atoms with Gasteiger partial charge in [-0.1, -0.05) is 12.1 Å². The number of aromatic nitrogens is 1. The summed E-state index contributed by atoms with van der Waals surface area (Å²) in [6.07, 6.45) is 1.74. The Balaban J connectivity index is 1.80. The number of rotatable bonds is 6. The van der Waals surface area contributed by atoms with Crippen molar-refractivity contribution in [3.8, 4) is 0 Å². The third-order valence-electron chi connectivity index (χ3n) is 4.50. The first-order valence-electron chi connectivity index (χ1n) is 8.75. The van der Waals surface area contributed by atoms with E-state index in [1.165, 1.54) is 28.4 Å². The molecule has 1 aromatic heterocycles. The van der Waals surface area contributed by atoms with Crippen molar-refractivity contribution >= 4 is 23.2 Å². The standard InChI is InChI=1S/C19H21FN2O4S/c1-12-18(27-16(21-12)10-13-2-4-14(20)5-3-13)19(25)22(11-17(23)24)15-6-8-26-9-7-15/h2-5,15H,6-11H2,1H3,(H,23,24). The quantitative estimate of drug-likeness (QED) is 0.818. The number of aliphatic carboxylic acids is 1. The van der Waals surface area contributed by atoms with Crippen LogP contribution in [0, 0.1) is 12.7 Å². The maximum absolute atomic E-state index is 13.1. The molecule has 2 heterocycles. The Morgan fingerprint density at radius 2 is 1.96 bits per heavy atom. The predicted octanol–water partition coefficient (Wildman–Crippen LogP) is 2.89. The molecule has 0 saturated carbocycles. The fourth-order valence-electron chi connectivity index (χ4n) is 3.14. The fourth-order valence-corrected chi connectivity index (χ4v) is 4.20. The number of hydrogen-bond acceptors (Lipinski definition) is 5. The number of carbonyl (C=O) groups excluding carboxylic acids is 1. The average molecular weight is 392 g/mol. The second-order valence-electron chi connectivity index (χ2n) is 6.50. The first-order chi connectivity index (χ1) is 12.9. The Hall–Kier alpha value is -2.32. The van der Waals surface area contributed by atoms with E-state index in [9.17, 15) is 19.1 Å². The molecule has 1 amide bonds. The smallest absolute Gasteiger partial charge is 0.323 e. The van der Waals surface area contributed by atoms with Gasteiger partial charge in [-0.2, -0.15) is 0 Å². The van der Waals surface area contributed by atoms with Crippen molar-refractivity contribution in [2.45, 2.75) is 32.2 Å². The van der Waals surface area contributed by atoms with Crippen molar-refractivity contribution in [2.24, 2.45) is 0 Å². The zero-order valence-corrected chi connectivity index (χ0v) is 15.8. The van der Waals surface area contributed by atoms with Crippen molar-refractivity contribution in [1.82, 2.24) is 9.88 Å². The van der Waals surface area contributed by atoms with Crippen molar-refractivity contribution in [2.75, 3.05) is 19.8 Å². The highest BCUT2D eigenvalue weighted by atomic mass is 32.1. The number of carboxylic acids is 1. The van der Waals surface area contributed by atoms with Crippen molar-refractivity contribution in [1.29, 1.82) is 0 Å². The van der Waals surface area contributed by atoms with E-state index in [0.717, 1.165) is 10.6 Å². The van der Waals surface area contributed by atoms with Crippen LogP contribution < -0.4 is 0 Å². The molecule has 3 rings (SSSR count). The molecule has 0 aliphatic carbocycles. The second-order valence-corrected chi connectivity index (χ2v) is 7.58. The van der Waals surface area contributed by atoms with Gasteiger partial charge in [-0.15, -0.1) is 11.3 Å². The molecule has 8 heteroatoms. The fraction of sp³-hybridized carbons (Fsp3) is 0.421. The van der Waals surface area contributed by atoms with E-state index >= 15 is 0 Å². The molecule has 1 aromatic carbocycles. The SMILES string of the molecule is Cc1nc(Cc2ccc(F)cc2)sc1C(=O)N(CC(=O)O)C1CCOCC1. The summed E-state index contributed by atoms with van der Waals surface area (Å²) in [5.74, 6) is -1.64. The van der Waals surface area contributed by atoms with E-state index in [-0.39, 0.29) is 24.3 Å². The molecule has 0 bridgehead atoms. The number of carbonyl (C=O) groups is 2. The summed E-state index contributed by atoms with van der Waals surface area (Å²) in [4.78, 5) is 30.7. The third-order valence-corrected chi connectivity index (χ3v) is 5.65. The summed E-state index contributed by atoms with van der Waals surface area (Å²) in [5, 5.41) is 9.97. The molecule has 144 valence electrons. The van der Waals surface area contributed by atoms with Crippen molar-refractivity contribution < 1.29 is 23.8 Å². The molecule has 2 aromatic rings. The van der Waals surface area contributed by atoms with Gasteiger partial charge in [0.25, 0.3) is 5.91 Å². The highest BCUT2D eigenvalue weighted by molar-refractivity contribution is 7.13. The molecule has 1 saturated heterocycles. The number of hydrogen-bond donors (Lipinski definition) is 1. The molecular formula is C19H21FN2O4S.